The summed E-state index contributed by atoms with van der Waals surface area (Å²) in [6.07, 6.45) is 0.390. The first kappa shape index (κ1) is 18.8. The smallest absolute Gasteiger partial charge is 0.322 e. The number of nitro benzene ring substituents is 1. The van der Waals surface area contributed by atoms with Crippen molar-refractivity contribution in [1.29, 1.82) is 0 Å². The van der Waals surface area contributed by atoms with Crippen LogP contribution in [0.15, 0.2) is 24.3 Å². The third-order valence-electron chi connectivity index (χ3n) is 4.01. The summed E-state index contributed by atoms with van der Waals surface area (Å²) in [5.74, 6) is -1.05. The summed E-state index contributed by atoms with van der Waals surface area (Å²) in [5, 5.41) is 13.5. The first-order valence-corrected chi connectivity index (χ1v) is 9.13. The molecule has 0 radical (unpaired) electrons. The average Bonchev–Trinajstić information content (AvgIpc) is 2.77. The number of hydrogen-bond acceptors (Lipinski definition) is 6. The van der Waals surface area contributed by atoms with Gasteiger partial charge in [-0.3, -0.25) is 14.9 Å². The highest BCUT2D eigenvalue weighted by atomic mass is 32.2. The Morgan fingerprint density at radius 1 is 1.28 bits per heavy atom. The van der Waals surface area contributed by atoms with Crippen LogP contribution in [0.2, 0.25) is 0 Å². The maximum absolute atomic E-state index is 12.2. The van der Waals surface area contributed by atoms with Crippen molar-refractivity contribution in [1.82, 2.24) is 15.2 Å². The lowest BCUT2D eigenvalue weighted by molar-refractivity contribution is -0.384. The number of amides is 3. The fourth-order valence-corrected chi connectivity index (χ4v) is 3.27. The summed E-state index contributed by atoms with van der Waals surface area (Å²) in [7, 11) is -3.95. The van der Waals surface area contributed by atoms with Crippen molar-refractivity contribution in [2.45, 2.75) is 32.2 Å². The molecule has 1 fully saturated rings. The van der Waals surface area contributed by atoms with E-state index in [2.05, 4.69) is 5.32 Å². The molecule has 2 rings (SSSR count). The molecule has 1 heterocycles. The van der Waals surface area contributed by atoms with Crippen molar-refractivity contribution >= 4 is 27.6 Å². The van der Waals surface area contributed by atoms with Gasteiger partial charge in [-0.1, -0.05) is 19.1 Å². The van der Waals surface area contributed by atoms with Gasteiger partial charge in [0.05, 0.1) is 10.7 Å². The van der Waals surface area contributed by atoms with Gasteiger partial charge in [-0.15, -0.1) is 4.83 Å². The molecule has 0 aliphatic carbocycles. The summed E-state index contributed by atoms with van der Waals surface area (Å²) in [6.45, 7) is 3.21. The minimum atomic E-state index is -3.95. The van der Waals surface area contributed by atoms with Crippen LogP contribution in [0, 0.1) is 10.1 Å². The molecule has 1 atom stereocenters. The number of aryl methyl sites for hydroxylation is 1. The predicted octanol–water partition coefficient (Wildman–Crippen LogP) is 0.692. The Bertz CT molecular complexity index is 807. The third kappa shape index (κ3) is 4.12. The average molecular weight is 370 g/mol. The first-order chi connectivity index (χ1) is 11.6. The number of sulfonamides is 1. The molecule has 1 unspecified atom stereocenters. The minimum absolute atomic E-state index is 0.0715. The molecule has 0 saturated carbocycles. The second kappa shape index (κ2) is 6.76. The Kier molecular flexibility index (Phi) is 5.09. The number of carbonyl (C=O) groups is 2. The van der Waals surface area contributed by atoms with Crippen LogP contribution in [-0.2, 0) is 21.2 Å². The fourth-order valence-electron chi connectivity index (χ4n) is 2.23. The van der Waals surface area contributed by atoms with Gasteiger partial charge in [0.2, 0.25) is 10.0 Å². The van der Waals surface area contributed by atoms with E-state index in [1.54, 1.807) is 6.92 Å². The van der Waals surface area contributed by atoms with Gasteiger partial charge in [0.25, 0.3) is 11.6 Å². The van der Waals surface area contributed by atoms with Gasteiger partial charge in [-0.05, 0) is 25.3 Å². The van der Waals surface area contributed by atoms with Crippen molar-refractivity contribution < 1.29 is 22.9 Å². The van der Waals surface area contributed by atoms with E-state index in [0.717, 1.165) is 0 Å². The number of carbonyl (C=O) groups excluding carboxylic acids is 2. The van der Waals surface area contributed by atoms with Gasteiger partial charge in [0.15, 0.2) is 0 Å². The molecule has 2 N–H and O–H groups in total. The maximum atomic E-state index is 12.2. The summed E-state index contributed by atoms with van der Waals surface area (Å²) in [6, 6.07) is 4.64. The van der Waals surface area contributed by atoms with E-state index in [1.165, 1.54) is 31.2 Å². The van der Waals surface area contributed by atoms with Gasteiger partial charge >= 0.3 is 6.03 Å². The van der Waals surface area contributed by atoms with E-state index in [-0.39, 0.29) is 17.9 Å². The quantitative estimate of drug-likeness (QED) is 0.411. The largest absolute Gasteiger partial charge is 0.340 e. The van der Waals surface area contributed by atoms with Crippen LogP contribution >= 0.6 is 0 Å². The number of nitrogens with one attached hydrogen (secondary N) is 2. The molecule has 0 spiro atoms. The molecule has 136 valence electrons. The van der Waals surface area contributed by atoms with Crippen LogP contribution in [0.5, 0.6) is 0 Å². The lowest BCUT2D eigenvalue weighted by Gasteiger charge is -2.19. The highest BCUT2D eigenvalue weighted by molar-refractivity contribution is 7.89. The Labute approximate surface area is 144 Å². The van der Waals surface area contributed by atoms with E-state index in [4.69, 9.17) is 0 Å². The molecule has 25 heavy (non-hydrogen) atoms. The zero-order chi connectivity index (χ0) is 18.8. The molecule has 0 bridgehead atoms. The van der Waals surface area contributed by atoms with Crippen LogP contribution in [-0.4, -0.2) is 41.6 Å². The zero-order valence-electron chi connectivity index (χ0n) is 13.7. The summed E-state index contributed by atoms with van der Waals surface area (Å²) in [4.78, 5) is 36.0. The number of nitrogens with zero attached hydrogens (tertiary/aromatic N) is 2. The van der Waals surface area contributed by atoms with Crippen LogP contribution in [0.3, 0.4) is 0 Å². The third-order valence-corrected chi connectivity index (χ3v) is 5.21. The van der Waals surface area contributed by atoms with Crippen molar-refractivity contribution in [3.63, 3.8) is 0 Å². The summed E-state index contributed by atoms with van der Waals surface area (Å²) < 4.78 is 24.3. The van der Waals surface area contributed by atoms with Gasteiger partial charge in [0, 0.05) is 12.1 Å². The van der Waals surface area contributed by atoms with Gasteiger partial charge in [-0.25, -0.2) is 13.2 Å². The Morgan fingerprint density at radius 3 is 2.36 bits per heavy atom. The monoisotopic (exact) mass is 370 g/mol. The zero-order valence-corrected chi connectivity index (χ0v) is 14.5. The summed E-state index contributed by atoms with van der Waals surface area (Å²) in [5.41, 5.74) is -0.660. The van der Waals surface area contributed by atoms with Crippen molar-refractivity contribution in [3.8, 4) is 0 Å². The van der Waals surface area contributed by atoms with E-state index in [0.29, 0.717) is 17.0 Å². The second-order valence-corrected chi connectivity index (χ2v) is 7.66. The molecule has 1 saturated heterocycles. The molecule has 1 aromatic carbocycles. The highest BCUT2D eigenvalue weighted by Crippen LogP contribution is 2.19. The van der Waals surface area contributed by atoms with E-state index in [9.17, 15) is 28.1 Å². The molecular formula is C14H18N4O6S. The topological polar surface area (TPSA) is 139 Å². The summed E-state index contributed by atoms with van der Waals surface area (Å²) >= 11 is 0. The number of benzene rings is 1. The fraction of sp³-hybridized carbons (Fsp3) is 0.429. The Balaban J connectivity index is 2.01. The first-order valence-electron chi connectivity index (χ1n) is 7.48. The molecule has 0 aromatic heterocycles. The number of non-ortho nitro benzene ring substituents is 1. The normalized spacial score (nSPS) is 20.6. The van der Waals surface area contributed by atoms with Crippen LogP contribution < -0.4 is 10.1 Å². The number of imide groups is 1. The van der Waals surface area contributed by atoms with Gasteiger partial charge in [-0.2, -0.15) is 5.01 Å². The highest BCUT2D eigenvalue weighted by Gasteiger charge is 2.48. The van der Waals surface area contributed by atoms with Crippen molar-refractivity contribution in [3.05, 3.63) is 39.9 Å². The lowest BCUT2D eigenvalue weighted by Crippen LogP contribution is -2.49. The van der Waals surface area contributed by atoms with Gasteiger partial charge < -0.3 is 5.32 Å². The lowest BCUT2D eigenvalue weighted by atomic mass is 10.00. The number of hydrogen-bond donors (Lipinski definition) is 2. The molecule has 1 aromatic rings. The van der Waals surface area contributed by atoms with Crippen LogP contribution in [0.4, 0.5) is 10.5 Å². The van der Waals surface area contributed by atoms with E-state index < -0.39 is 32.4 Å². The molecule has 1 aliphatic heterocycles. The molecule has 11 heteroatoms. The number of nitro groups is 1. The predicted molar refractivity (Wildman–Crippen MR) is 87.8 cm³/mol. The van der Waals surface area contributed by atoms with E-state index >= 15 is 0 Å². The minimum Gasteiger partial charge on any atom is -0.322 e. The molecule has 3 amide bonds. The maximum Gasteiger partial charge on any atom is 0.340 e. The van der Waals surface area contributed by atoms with E-state index in [1.807, 2.05) is 4.83 Å². The Hall–Kier alpha value is -2.53. The molecule has 1 aliphatic rings. The standard InChI is InChI=1S/C14H18N4O6S/c1-3-14(2)12(19)17(13(20)15-14)16-25(23,24)9-8-10-4-6-11(7-5-10)18(21)22/h4-7,16H,3,8-9H2,1-2H3,(H,15,20). The Morgan fingerprint density at radius 2 is 1.88 bits per heavy atom. The van der Waals surface area contributed by atoms with Crippen molar-refractivity contribution in [2.75, 3.05) is 5.75 Å². The van der Waals surface area contributed by atoms with Gasteiger partial charge in [0.1, 0.15) is 5.54 Å². The SMILES string of the molecule is CCC1(C)NC(=O)N(NS(=O)(=O)CCc2ccc([N+](=O)[O-])cc2)C1=O. The number of hydrazine groups is 1. The van der Waals surface area contributed by atoms with Crippen LogP contribution in [0.25, 0.3) is 0 Å². The number of rotatable bonds is 7. The van der Waals surface area contributed by atoms with Crippen LogP contribution in [0.1, 0.15) is 25.8 Å². The molecule has 10 nitrogen and oxygen atoms in total. The number of urea groups is 1. The second-order valence-electron chi connectivity index (χ2n) is 5.84. The molecular weight excluding hydrogens is 352 g/mol. The van der Waals surface area contributed by atoms with Crippen molar-refractivity contribution in [2.24, 2.45) is 0 Å².